The van der Waals surface area contributed by atoms with Crippen molar-refractivity contribution in [3.8, 4) is 11.4 Å². The minimum Gasteiger partial charge on any atom is -0.497 e. The largest absolute Gasteiger partial charge is 0.497 e. The van der Waals surface area contributed by atoms with Gasteiger partial charge in [-0.3, -0.25) is 4.79 Å². The van der Waals surface area contributed by atoms with Gasteiger partial charge in [0.1, 0.15) is 11.4 Å². The predicted molar refractivity (Wildman–Crippen MR) is 96.2 cm³/mol. The van der Waals surface area contributed by atoms with Gasteiger partial charge in [0.25, 0.3) is 5.91 Å². The Labute approximate surface area is 151 Å². The van der Waals surface area contributed by atoms with E-state index in [1.54, 1.807) is 7.11 Å². The van der Waals surface area contributed by atoms with Crippen molar-refractivity contribution in [3.05, 3.63) is 71.0 Å². The van der Waals surface area contributed by atoms with E-state index in [1.165, 1.54) is 4.80 Å². The minimum atomic E-state index is -0.386. The van der Waals surface area contributed by atoms with Crippen molar-refractivity contribution < 1.29 is 14.6 Å². The average Bonchev–Trinajstić information content (AvgIpc) is 3.11. The van der Waals surface area contributed by atoms with Crippen molar-refractivity contribution in [2.24, 2.45) is 0 Å². The Hall–Kier alpha value is -3.19. The van der Waals surface area contributed by atoms with Crippen LogP contribution in [-0.2, 0) is 13.2 Å². The molecule has 2 aromatic carbocycles. The first-order chi connectivity index (χ1) is 12.6. The number of aliphatic hydroxyl groups is 1. The third-order valence-electron chi connectivity index (χ3n) is 3.93. The molecule has 0 aliphatic heterocycles. The molecule has 0 fully saturated rings. The molecule has 7 heteroatoms. The van der Waals surface area contributed by atoms with Crippen molar-refractivity contribution in [1.29, 1.82) is 0 Å². The van der Waals surface area contributed by atoms with Crippen molar-refractivity contribution in [3.63, 3.8) is 0 Å². The summed E-state index contributed by atoms with van der Waals surface area (Å²) in [6.07, 6.45) is 0. The summed E-state index contributed by atoms with van der Waals surface area (Å²) >= 11 is 0. The third-order valence-corrected chi connectivity index (χ3v) is 3.93. The van der Waals surface area contributed by atoms with E-state index in [0.717, 1.165) is 22.6 Å². The number of amides is 1. The van der Waals surface area contributed by atoms with Crippen LogP contribution in [0, 0.1) is 6.92 Å². The number of carbonyl (C=O) groups is 1. The van der Waals surface area contributed by atoms with Crippen LogP contribution in [0.4, 0.5) is 0 Å². The van der Waals surface area contributed by atoms with Crippen LogP contribution < -0.4 is 10.1 Å². The van der Waals surface area contributed by atoms with Gasteiger partial charge in [0.05, 0.1) is 19.4 Å². The molecule has 0 bridgehead atoms. The zero-order valence-corrected chi connectivity index (χ0v) is 14.6. The minimum absolute atomic E-state index is 0.113. The number of rotatable bonds is 6. The fourth-order valence-corrected chi connectivity index (χ4v) is 2.42. The fraction of sp³-hybridized carbons (Fsp3) is 0.211. The van der Waals surface area contributed by atoms with Gasteiger partial charge in [-0.05, 0) is 36.8 Å². The van der Waals surface area contributed by atoms with Crippen LogP contribution in [0.15, 0.2) is 48.5 Å². The van der Waals surface area contributed by atoms with Crippen LogP contribution in [0.2, 0.25) is 0 Å². The van der Waals surface area contributed by atoms with Gasteiger partial charge in [0.2, 0.25) is 0 Å². The summed E-state index contributed by atoms with van der Waals surface area (Å²) in [7, 11) is 1.60. The smallest absolute Gasteiger partial charge is 0.274 e. The molecular weight excluding hydrogens is 332 g/mol. The van der Waals surface area contributed by atoms with E-state index in [2.05, 4.69) is 15.5 Å². The fourth-order valence-electron chi connectivity index (χ4n) is 2.42. The monoisotopic (exact) mass is 352 g/mol. The second-order valence-corrected chi connectivity index (χ2v) is 5.81. The van der Waals surface area contributed by atoms with Crippen molar-refractivity contribution in [2.45, 2.75) is 20.1 Å². The number of nitrogens with zero attached hydrogens (tertiary/aromatic N) is 3. The SMILES string of the molecule is COc1ccc(CNC(=O)c2nn(-c3ccc(C)cc3)nc2CO)cc1. The molecule has 0 spiro atoms. The molecule has 3 rings (SSSR count). The Bertz CT molecular complexity index is 886. The van der Waals surface area contributed by atoms with Gasteiger partial charge in [-0.2, -0.15) is 4.80 Å². The molecular formula is C19H20N4O3. The van der Waals surface area contributed by atoms with Crippen LogP contribution >= 0.6 is 0 Å². The predicted octanol–water partition coefficient (Wildman–Crippen LogP) is 2.01. The number of carbonyl (C=O) groups excluding carboxylic acids is 1. The summed E-state index contributed by atoms with van der Waals surface area (Å²) in [5.74, 6) is 0.368. The highest BCUT2D eigenvalue weighted by atomic mass is 16.5. The highest BCUT2D eigenvalue weighted by Crippen LogP contribution is 2.13. The van der Waals surface area contributed by atoms with Gasteiger partial charge in [0, 0.05) is 6.54 Å². The topological polar surface area (TPSA) is 89.3 Å². The molecule has 0 saturated carbocycles. The Kier molecular flexibility index (Phi) is 5.28. The molecule has 0 radical (unpaired) electrons. The molecule has 0 atom stereocenters. The lowest BCUT2D eigenvalue weighted by Gasteiger charge is -2.05. The zero-order chi connectivity index (χ0) is 18.5. The number of aryl methyl sites for hydroxylation is 1. The van der Waals surface area contributed by atoms with Crippen molar-refractivity contribution in [2.75, 3.05) is 7.11 Å². The van der Waals surface area contributed by atoms with E-state index in [4.69, 9.17) is 4.74 Å². The highest BCUT2D eigenvalue weighted by molar-refractivity contribution is 5.93. The van der Waals surface area contributed by atoms with Gasteiger partial charge < -0.3 is 15.2 Å². The van der Waals surface area contributed by atoms with Gasteiger partial charge in [-0.15, -0.1) is 10.2 Å². The summed E-state index contributed by atoms with van der Waals surface area (Å²) in [5.41, 5.74) is 3.11. The first kappa shape index (κ1) is 17.6. The number of aromatic nitrogens is 3. The third kappa shape index (κ3) is 3.89. The number of benzene rings is 2. The van der Waals surface area contributed by atoms with Gasteiger partial charge in [-0.25, -0.2) is 0 Å². The van der Waals surface area contributed by atoms with Crippen LogP contribution in [0.5, 0.6) is 5.75 Å². The maximum absolute atomic E-state index is 12.5. The number of hydrogen-bond donors (Lipinski definition) is 2. The second-order valence-electron chi connectivity index (χ2n) is 5.81. The van der Waals surface area contributed by atoms with Gasteiger partial charge >= 0.3 is 0 Å². The lowest BCUT2D eigenvalue weighted by Crippen LogP contribution is -2.24. The molecule has 134 valence electrons. The quantitative estimate of drug-likeness (QED) is 0.708. The van der Waals surface area contributed by atoms with E-state index in [-0.39, 0.29) is 23.9 Å². The Balaban J connectivity index is 1.74. The maximum atomic E-state index is 12.5. The zero-order valence-electron chi connectivity index (χ0n) is 14.6. The molecule has 2 N–H and O–H groups in total. The number of ether oxygens (including phenoxy) is 1. The van der Waals surface area contributed by atoms with Crippen molar-refractivity contribution >= 4 is 5.91 Å². The van der Waals surface area contributed by atoms with E-state index in [9.17, 15) is 9.90 Å². The highest BCUT2D eigenvalue weighted by Gasteiger charge is 2.18. The molecule has 0 aliphatic rings. The molecule has 26 heavy (non-hydrogen) atoms. The first-order valence-electron chi connectivity index (χ1n) is 8.16. The van der Waals surface area contributed by atoms with Gasteiger partial charge in [-0.1, -0.05) is 29.8 Å². The van der Waals surface area contributed by atoms with Crippen LogP contribution in [0.3, 0.4) is 0 Å². The number of aliphatic hydroxyl groups excluding tert-OH is 1. The summed E-state index contributed by atoms with van der Waals surface area (Å²) < 4.78 is 5.11. The first-order valence-corrected chi connectivity index (χ1v) is 8.16. The maximum Gasteiger partial charge on any atom is 0.274 e. The number of hydrogen-bond acceptors (Lipinski definition) is 5. The molecule has 1 amide bonds. The summed E-state index contributed by atoms with van der Waals surface area (Å²) in [6, 6.07) is 15.0. The molecule has 3 aromatic rings. The molecule has 0 aliphatic carbocycles. The Morgan fingerprint density at radius 3 is 2.42 bits per heavy atom. The molecule has 0 saturated heterocycles. The molecule has 1 aromatic heterocycles. The lowest BCUT2D eigenvalue weighted by molar-refractivity contribution is 0.0942. The number of methoxy groups -OCH3 is 1. The normalized spacial score (nSPS) is 10.6. The van der Waals surface area contributed by atoms with Crippen LogP contribution in [0.1, 0.15) is 27.3 Å². The van der Waals surface area contributed by atoms with Crippen LogP contribution in [0.25, 0.3) is 5.69 Å². The lowest BCUT2D eigenvalue weighted by atomic mass is 10.2. The second kappa shape index (κ2) is 7.79. The Morgan fingerprint density at radius 1 is 1.12 bits per heavy atom. The number of nitrogens with one attached hydrogen (secondary N) is 1. The van der Waals surface area contributed by atoms with Crippen LogP contribution in [-0.4, -0.2) is 33.1 Å². The van der Waals surface area contributed by atoms with Crippen molar-refractivity contribution in [1.82, 2.24) is 20.3 Å². The molecule has 7 nitrogen and oxygen atoms in total. The summed E-state index contributed by atoms with van der Waals surface area (Å²) in [4.78, 5) is 13.8. The Morgan fingerprint density at radius 2 is 1.81 bits per heavy atom. The summed E-state index contributed by atoms with van der Waals surface area (Å²) in [5, 5.41) is 20.7. The molecule has 1 heterocycles. The van der Waals surface area contributed by atoms with E-state index in [0.29, 0.717) is 6.54 Å². The molecule has 0 unspecified atom stereocenters. The summed E-state index contributed by atoms with van der Waals surface area (Å²) in [6.45, 7) is 1.96. The van der Waals surface area contributed by atoms with E-state index >= 15 is 0 Å². The van der Waals surface area contributed by atoms with Gasteiger partial charge in [0.15, 0.2) is 5.69 Å². The van der Waals surface area contributed by atoms with E-state index in [1.807, 2.05) is 55.5 Å². The standard InChI is InChI=1S/C19H20N4O3/c1-13-3-7-15(8-4-13)23-21-17(12-24)18(22-23)19(25)20-11-14-5-9-16(26-2)10-6-14/h3-10,24H,11-12H2,1-2H3,(H,20,25). The average molecular weight is 352 g/mol. The van der Waals surface area contributed by atoms with E-state index < -0.39 is 0 Å².